The van der Waals surface area contributed by atoms with Crippen LogP contribution in [0.15, 0.2) is 42.5 Å². The lowest BCUT2D eigenvalue weighted by Crippen LogP contribution is -2.12. The highest BCUT2D eigenvalue weighted by Gasteiger charge is 2.06. The molecule has 0 atom stereocenters. The van der Waals surface area contributed by atoms with Crippen LogP contribution in [0.1, 0.15) is 37.8 Å². The predicted molar refractivity (Wildman–Crippen MR) is 87.8 cm³/mol. The van der Waals surface area contributed by atoms with Gasteiger partial charge in [-0.05, 0) is 53.8 Å². The molecule has 0 aliphatic heterocycles. The molecule has 0 fully saturated rings. The van der Waals surface area contributed by atoms with Gasteiger partial charge in [0.1, 0.15) is 5.82 Å². The zero-order valence-corrected chi connectivity index (χ0v) is 13.0. The standard InChI is InChI=1S/C19H24FN/c1-3-5-6-15-7-9-16(10-8-15)19-13-18(20)12-11-17(19)14-21-4-2/h7-13,21H,3-6,14H2,1-2H3. The van der Waals surface area contributed by atoms with E-state index in [-0.39, 0.29) is 5.82 Å². The summed E-state index contributed by atoms with van der Waals surface area (Å²) in [4.78, 5) is 0. The number of hydrogen-bond acceptors (Lipinski definition) is 1. The van der Waals surface area contributed by atoms with Gasteiger partial charge in [0.05, 0.1) is 0 Å². The zero-order chi connectivity index (χ0) is 15.1. The van der Waals surface area contributed by atoms with Crippen molar-refractivity contribution in [3.63, 3.8) is 0 Å². The van der Waals surface area contributed by atoms with E-state index in [2.05, 4.69) is 43.4 Å². The fourth-order valence-corrected chi connectivity index (χ4v) is 2.46. The van der Waals surface area contributed by atoms with E-state index in [1.165, 1.54) is 24.5 Å². The quantitative estimate of drug-likeness (QED) is 0.759. The predicted octanol–water partition coefficient (Wildman–Crippen LogP) is 4.94. The van der Waals surface area contributed by atoms with Crippen LogP contribution in [0.3, 0.4) is 0 Å². The highest BCUT2D eigenvalue weighted by atomic mass is 19.1. The maximum absolute atomic E-state index is 13.6. The van der Waals surface area contributed by atoms with Gasteiger partial charge in [0, 0.05) is 6.54 Å². The Bertz CT molecular complexity index is 560. The molecule has 1 nitrogen and oxygen atoms in total. The van der Waals surface area contributed by atoms with E-state index in [1.54, 1.807) is 6.07 Å². The number of nitrogens with one attached hydrogen (secondary N) is 1. The highest BCUT2D eigenvalue weighted by molar-refractivity contribution is 5.67. The molecule has 0 bridgehead atoms. The van der Waals surface area contributed by atoms with Gasteiger partial charge in [-0.2, -0.15) is 0 Å². The summed E-state index contributed by atoms with van der Waals surface area (Å²) in [6, 6.07) is 13.6. The van der Waals surface area contributed by atoms with Crippen LogP contribution >= 0.6 is 0 Å². The molecule has 0 aliphatic rings. The Hall–Kier alpha value is -1.67. The Morgan fingerprint density at radius 2 is 1.76 bits per heavy atom. The van der Waals surface area contributed by atoms with E-state index in [1.807, 2.05) is 6.07 Å². The Balaban J connectivity index is 2.25. The topological polar surface area (TPSA) is 12.0 Å². The molecule has 2 aromatic rings. The van der Waals surface area contributed by atoms with E-state index >= 15 is 0 Å². The van der Waals surface area contributed by atoms with Gasteiger partial charge in [0.25, 0.3) is 0 Å². The third-order valence-electron chi connectivity index (χ3n) is 3.72. The zero-order valence-electron chi connectivity index (χ0n) is 13.0. The number of unbranched alkanes of at least 4 members (excludes halogenated alkanes) is 1. The number of halogens is 1. The maximum atomic E-state index is 13.6. The summed E-state index contributed by atoms with van der Waals surface area (Å²) in [5.41, 5.74) is 4.56. The van der Waals surface area contributed by atoms with Crippen molar-refractivity contribution in [3.05, 3.63) is 59.4 Å². The summed E-state index contributed by atoms with van der Waals surface area (Å²) in [6.45, 7) is 5.95. The van der Waals surface area contributed by atoms with Crippen LogP contribution in [0.5, 0.6) is 0 Å². The van der Waals surface area contributed by atoms with Crippen LogP contribution in [-0.2, 0) is 13.0 Å². The fourth-order valence-electron chi connectivity index (χ4n) is 2.46. The second kappa shape index (κ2) is 7.94. The Morgan fingerprint density at radius 1 is 1.00 bits per heavy atom. The lowest BCUT2D eigenvalue weighted by Gasteiger charge is -2.11. The van der Waals surface area contributed by atoms with E-state index in [4.69, 9.17) is 0 Å². The van der Waals surface area contributed by atoms with E-state index in [0.29, 0.717) is 0 Å². The SMILES string of the molecule is CCCCc1ccc(-c2cc(F)ccc2CNCC)cc1. The van der Waals surface area contributed by atoms with Crippen LogP contribution in [0.25, 0.3) is 11.1 Å². The van der Waals surface area contributed by atoms with Crippen molar-refractivity contribution in [1.29, 1.82) is 0 Å². The number of rotatable bonds is 7. The van der Waals surface area contributed by atoms with E-state index in [0.717, 1.165) is 36.2 Å². The Labute approximate surface area is 127 Å². The molecule has 0 aromatic heterocycles. The van der Waals surface area contributed by atoms with Crippen LogP contribution < -0.4 is 5.32 Å². The molecule has 0 saturated carbocycles. The lowest BCUT2D eigenvalue weighted by atomic mass is 9.97. The molecule has 2 rings (SSSR count). The van der Waals surface area contributed by atoms with Crippen LogP contribution in [0, 0.1) is 5.82 Å². The summed E-state index contributed by atoms with van der Waals surface area (Å²) in [5, 5.41) is 3.31. The van der Waals surface area contributed by atoms with Gasteiger partial charge in [0.15, 0.2) is 0 Å². The summed E-state index contributed by atoms with van der Waals surface area (Å²) < 4.78 is 13.6. The van der Waals surface area contributed by atoms with Crippen molar-refractivity contribution in [2.24, 2.45) is 0 Å². The second-order valence-electron chi connectivity index (χ2n) is 5.38. The first kappa shape index (κ1) is 15.7. The fraction of sp³-hybridized carbons (Fsp3) is 0.368. The van der Waals surface area contributed by atoms with Crippen molar-refractivity contribution in [3.8, 4) is 11.1 Å². The maximum Gasteiger partial charge on any atom is 0.123 e. The molecule has 2 aromatic carbocycles. The molecule has 112 valence electrons. The minimum atomic E-state index is -0.180. The number of benzene rings is 2. The smallest absolute Gasteiger partial charge is 0.123 e. The second-order valence-corrected chi connectivity index (χ2v) is 5.38. The molecule has 21 heavy (non-hydrogen) atoms. The van der Waals surface area contributed by atoms with Crippen LogP contribution in [0.2, 0.25) is 0 Å². The molecular formula is C19H24FN. The average Bonchev–Trinajstić information content (AvgIpc) is 2.52. The molecule has 0 radical (unpaired) electrons. The molecule has 0 amide bonds. The van der Waals surface area contributed by atoms with Crippen molar-refractivity contribution in [2.75, 3.05) is 6.54 Å². The first-order chi connectivity index (χ1) is 10.2. The van der Waals surface area contributed by atoms with Gasteiger partial charge >= 0.3 is 0 Å². The first-order valence-corrected chi connectivity index (χ1v) is 7.83. The van der Waals surface area contributed by atoms with Gasteiger partial charge in [-0.3, -0.25) is 0 Å². The van der Waals surface area contributed by atoms with Crippen LogP contribution in [-0.4, -0.2) is 6.54 Å². The van der Waals surface area contributed by atoms with Gasteiger partial charge in [-0.15, -0.1) is 0 Å². The van der Waals surface area contributed by atoms with Crippen molar-refractivity contribution >= 4 is 0 Å². The third kappa shape index (κ3) is 4.40. The van der Waals surface area contributed by atoms with Gasteiger partial charge < -0.3 is 5.32 Å². The number of aryl methyl sites for hydroxylation is 1. The van der Waals surface area contributed by atoms with Gasteiger partial charge in [-0.25, -0.2) is 4.39 Å². The summed E-state index contributed by atoms with van der Waals surface area (Å²) in [5.74, 6) is -0.180. The minimum absolute atomic E-state index is 0.180. The average molecular weight is 285 g/mol. The van der Waals surface area contributed by atoms with Crippen molar-refractivity contribution < 1.29 is 4.39 Å². The summed E-state index contributed by atoms with van der Waals surface area (Å²) in [6.07, 6.45) is 3.54. The summed E-state index contributed by atoms with van der Waals surface area (Å²) >= 11 is 0. The summed E-state index contributed by atoms with van der Waals surface area (Å²) in [7, 11) is 0. The first-order valence-electron chi connectivity index (χ1n) is 7.83. The van der Waals surface area contributed by atoms with Crippen molar-refractivity contribution in [2.45, 2.75) is 39.7 Å². The minimum Gasteiger partial charge on any atom is -0.313 e. The number of hydrogen-bond donors (Lipinski definition) is 1. The monoisotopic (exact) mass is 285 g/mol. The van der Waals surface area contributed by atoms with Gasteiger partial charge in [0.2, 0.25) is 0 Å². The molecule has 0 aliphatic carbocycles. The highest BCUT2D eigenvalue weighted by Crippen LogP contribution is 2.25. The molecule has 1 N–H and O–H groups in total. The Morgan fingerprint density at radius 3 is 2.43 bits per heavy atom. The molecule has 0 unspecified atom stereocenters. The van der Waals surface area contributed by atoms with Crippen molar-refractivity contribution in [1.82, 2.24) is 5.32 Å². The van der Waals surface area contributed by atoms with Gasteiger partial charge in [-0.1, -0.05) is 50.6 Å². The normalized spacial score (nSPS) is 10.8. The Kier molecular flexibility index (Phi) is 5.94. The largest absolute Gasteiger partial charge is 0.313 e. The third-order valence-corrected chi connectivity index (χ3v) is 3.72. The van der Waals surface area contributed by atoms with E-state index < -0.39 is 0 Å². The van der Waals surface area contributed by atoms with Crippen LogP contribution in [0.4, 0.5) is 4.39 Å². The molecular weight excluding hydrogens is 261 g/mol. The lowest BCUT2D eigenvalue weighted by molar-refractivity contribution is 0.626. The molecule has 0 saturated heterocycles. The van der Waals surface area contributed by atoms with E-state index in [9.17, 15) is 4.39 Å². The molecule has 0 heterocycles. The molecule has 2 heteroatoms. The molecule has 0 spiro atoms.